The molecule has 1 aliphatic heterocycles. The first kappa shape index (κ1) is 15.5. The van der Waals surface area contributed by atoms with Gasteiger partial charge in [-0.1, -0.05) is 11.6 Å². The maximum Gasteiger partial charge on any atom is 0.301 e. The largest absolute Gasteiger partial charge is 0.396 e. The van der Waals surface area contributed by atoms with E-state index in [1.807, 2.05) is 0 Å². The number of hydrogen-bond donors (Lipinski definition) is 2. The lowest BCUT2D eigenvalue weighted by molar-refractivity contribution is 0.166. The highest BCUT2D eigenvalue weighted by molar-refractivity contribution is 7.90. The Morgan fingerprint density at radius 1 is 1.50 bits per heavy atom. The third-order valence-electron chi connectivity index (χ3n) is 3.25. The van der Waals surface area contributed by atoms with Gasteiger partial charge in [-0.2, -0.15) is 12.7 Å². The molecule has 1 aromatic carbocycles. The summed E-state index contributed by atoms with van der Waals surface area (Å²) < 4.78 is 41.0. The summed E-state index contributed by atoms with van der Waals surface area (Å²) in [5, 5.41) is 9.14. The van der Waals surface area contributed by atoms with Gasteiger partial charge in [0, 0.05) is 19.7 Å². The van der Waals surface area contributed by atoms with Gasteiger partial charge in [-0.05, 0) is 37.0 Å². The minimum absolute atomic E-state index is 0.00397. The van der Waals surface area contributed by atoms with E-state index in [0.717, 1.165) is 18.6 Å². The Labute approximate surface area is 122 Å². The molecule has 5 nitrogen and oxygen atoms in total. The van der Waals surface area contributed by atoms with Crippen LogP contribution in [-0.4, -0.2) is 37.5 Å². The quantitative estimate of drug-likeness (QED) is 0.888. The van der Waals surface area contributed by atoms with Crippen molar-refractivity contribution in [2.45, 2.75) is 12.8 Å². The fourth-order valence-electron chi connectivity index (χ4n) is 2.17. The van der Waals surface area contributed by atoms with Crippen LogP contribution >= 0.6 is 11.6 Å². The van der Waals surface area contributed by atoms with E-state index in [1.54, 1.807) is 0 Å². The molecule has 20 heavy (non-hydrogen) atoms. The molecule has 112 valence electrons. The highest BCUT2D eigenvalue weighted by Crippen LogP contribution is 2.25. The van der Waals surface area contributed by atoms with Crippen molar-refractivity contribution in [2.75, 3.05) is 24.4 Å². The average molecular weight is 323 g/mol. The number of benzene rings is 1. The minimum Gasteiger partial charge on any atom is -0.396 e. The Balaban J connectivity index is 2.14. The highest BCUT2D eigenvalue weighted by Gasteiger charge is 2.28. The molecule has 0 aromatic heterocycles. The smallest absolute Gasteiger partial charge is 0.301 e. The Morgan fingerprint density at radius 2 is 2.25 bits per heavy atom. The Hall–Kier alpha value is -0.890. The second kappa shape index (κ2) is 6.26. The summed E-state index contributed by atoms with van der Waals surface area (Å²) in [6, 6.07) is 3.46. The number of nitrogens with one attached hydrogen (secondary N) is 1. The van der Waals surface area contributed by atoms with Gasteiger partial charge in [0.15, 0.2) is 0 Å². The predicted octanol–water partition coefficient (Wildman–Crippen LogP) is 1.84. The molecule has 0 bridgehead atoms. The molecule has 1 atom stereocenters. The molecule has 1 unspecified atom stereocenters. The first-order valence-electron chi connectivity index (χ1n) is 6.26. The zero-order valence-electron chi connectivity index (χ0n) is 10.7. The van der Waals surface area contributed by atoms with E-state index in [-0.39, 0.29) is 29.8 Å². The third-order valence-corrected chi connectivity index (χ3v) is 5.05. The van der Waals surface area contributed by atoms with Crippen LogP contribution in [0.2, 0.25) is 5.02 Å². The molecule has 1 saturated heterocycles. The van der Waals surface area contributed by atoms with E-state index < -0.39 is 16.0 Å². The minimum atomic E-state index is -3.75. The number of piperidine rings is 1. The lowest BCUT2D eigenvalue weighted by atomic mass is 10.0. The predicted molar refractivity (Wildman–Crippen MR) is 75.3 cm³/mol. The van der Waals surface area contributed by atoms with E-state index in [2.05, 4.69) is 4.72 Å². The van der Waals surface area contributed by atoms with Crippen LogP contribution in [0.4, 0.5) is 10.1 Å². The van der Waals surface area contributed by atoms with Crippen molar-refractivity contribution < 1.29 is 17.9 Å². The molecule has 0 spiro atoms. The van der Waals surface area contributed by atoms with Crippen molar-refractivity contribution in [1.82, 2.24) is 4.31 Å². The third kappa shape index (κ3) is 3.60. The van der Waals surface area contributed by atoms with Gasteiger partial charge in [-0.3, -0.25) is 4.72 Å². The summed E-state index contributed by atoms with van der Waals surface area (Å²) in [5.41, 5.74) is 0.138. The van der Waals surface area contributed by atoms with E-state index in [9.17, 15) is 12.8 Å². The molecule has 8 heteroatoms. The molecule has 1 aliphatic rings. The summed E-state index contributed by atoms with van der Waals surface area (Å²) >= 11 is 5.80. The van der Waals surface area contributed by atoms with Crippen molar-refractivity contribution in [2.24, 2.45) is 5.92 Å². The SMILES string of the molecule is O=S(=O)(Nc1ccc(F)cc1Cl)N1CCCC(CO)C1. The zero-order valence-corrected chi connectivity index (χ0v) is 12.3. The van der Waals surface area contributed by atoms with Crippen LogP contribution in [0.15, 0.2) is 18.2 Å². The van der Waals surface area contributed by atoms with E-state index in [4.69, 9.17) is 16.7 Å². The summed E-state index contributed by atoms with van der Waals surface area (Å²) in [4.78, 5) is 0. The molecule has 1 heterocycles. The van der Waals surface area contributed by atoms with Crippen LogP contribution in [0.5, 0.6) is 0 Å². The van der Waals surface area contributed by atoms with Crippen molar-refractivity contribution in [3.05, 3.63) is 29.0 Å². The Morgan fingerprint density at radius 3 is 2.90 bits per heavy atom. The fourth-order valence-corrected chi connectivity index (χ4v) is 3.80. The van der Waals surface area contributed by atoms with Gasteiger partial charge >= 0.3 is 10.2 Å². The van der Waals surface area contributed by atoms with Crippen LogP contribution in [0.25, 0.3) is 0 Å². The second-order valence-electron chi connectivity index (χ2n) is 4.78. The molecule has 0 radical (unpaired) electrons. The van der Waals surface area contributed by atoms with Gasteiger partial charge in [0.1, 0.15) is 5.82 Å². The summed E-state index contributed by atoms with van der Waals surface area (Å²) in [7, 11) is -3.75. The van der Waals surface area contributed by atoms with Crippen LogP contribution in [0.3, 0.4) is 0 Å². The molecule has 2 N–H and O–H groups in total. The fraction of sp³-hybridized carbons (Fsp3) is 0.500. The average Bonchev–Trinajstić information content (AvgIpc) is 2.42. The number of hydrogen-bond acceptors (Lipinski definition) is 3. The van der Waals surface area contributed by atoms with Gasteiger partial charge in [0.2, 0.25) is 0 Å². The van der Waals surface area contributed by atoms with Crippen LogP contribution in [0.1, 0.15) is 12.8 Å². The number of anilines is 1. The topological polar surface area (TPSA) is 69.6 Å². The normalized spacial score (nSPS) is 20.9. The van der Waals surface area contributed by atoms with Gasteiger partial charge in [0.05, 0.1) is 10.7 Å². The number of aliphatic hydroxyl groups excluding tert-OH is 1. The molecule has 2 rings (SSSR count). The molecule has 0 amide bonds. The Kier molecular flexibility index (Phi) is 4.85. The van der Waals surface area contributed by atoms with Crippen molar-refractivity contribution in [3.8, 4) is 0 Å². The van der Waals surface area contributed by atoms with Crippen LogP contribution < -0.4 is 4.72 Å². The molecule has 1 aromatic rings. The first-order valence-corrected chi connectivity index (χ1v) is 8.08. The van der Waals surface area contributed by atoms with Gasteiger partial charge in [0.25, 0.3) is 0 Å². The monoisotopic (exact) mass is 322 g/mol. The van der Waals surface area contributed by atoms with Gasteiger partial charge in [-0.15, -0.1) is 0 Å². The van der Waals surface area contributed by atoms with E-state index in [0.29, 0.717) is 13.0 Å². The lowest BCUT2D eigenvalue weighted by Crippen LogP contribution is -2.43. The molecule has 0 aliphatic carbocycles. The number of halogens is 2. The summed E-state index contributed by atoms with van der Waals surface area (Å²) in [6.07, 6.45) is 1.50. The number of nitrogens with zero attached hydrogens (tertiary/aromatic N) is 1. The first-order chi connectivity index (χ1) is 9.42. The summed E-state index contributed by atoms with van der Waals surface area (Å²) in [6.45, 7) is 0.624. The van der Waals surface area contributed by atoms with Crippen molar-refractivity contribution in [1.29, 1.82) is 0 Å². The standard InChI is InChI=1S/C12H16ClFN2O3S/c13-11-6-10(14)3-4-12(11)15-20(18,19)16-5-1-2-9(7-16)8-17/h3-4,6,9,15,17H,1-2,5,7-8H2. The molecule has 1 fully saturated rings. The lowest BCUT2D eigenvalue weighted by Gasteiger charge is -2.31. The van der Waals surface area contributed by atoms with Crippen molar-refractivity contribution >= 4 is 27.5 Å². The maximum absolute atomic E-state index is 12.9. The van der Waals surface area contributed by atoms with Crippen LogP contribution in [-0.2, 0) is 10.2 Å². The van der Waals surface area contributed by atoms with Gasteiger partial charge in [-0.25, -0.2) is 4.39 Å². The molecular weight excluding hydrogens is 307 g/mol. The maximum atomic E-state index is 12.9. The zero-order chi connectivity index (χ0) is 14.8. The highest BCUT2D eigenvalue weighted by atomic mass is 35.5. The number of aliphatic hydroxyl groups is 1. The Bertz CT molecular complexity index is 582. The van der Waals surface area contributed by atoms with E-state index in [1.165, 1.54) is 10.4 Å². The van der Waals surface area contributed by atoms with Gasteiger partial charge < -0.3 is 5.11 Å². The second-order valence-corrected chi connectivity index (χ2v) is 6.86. The number of rotatable bonds is 4. The van der Waals surface area contributed by atoms with Crippen LogP contribution in [0, 0.1) is 11.7 Å². The molecular formula is C12H16ClFN2O3S. The summed E-state index contributed by atoms with van der Waals surface area (Å²) in [5.74, 6) is -0.583. The van der Waals surface area contributed by atoms with Crippen molar-refractivity contribution in [3.63, 3.8) is 0 Å². The molecule has 0 saturated carbocycles. The van der Waals surface area contributed by atoms with E-state index >= 15 is 0 Å².